The number of nitrogens with zero attached hydrogens (tertiary/aromatic N) is 2. The zero-order valence-corrected chi connectivity index (χ0v) is 14.7. The Hall–Kier alpha value is -2.54. The molecule has 1 aromatic rings. The van der Waals surface area contributed by atoms with E-state index in [-0.39, 0.29) is 11.7 Å². The molecule has 1 heterocycles. The van der Waals surface area contributed by atoms with E-state index in [0.29, 0.717) is 6.54 Å². The van der Waals surface area contributed by atoms with E-state index in [0.717, 1.165) is 43.7 Å². The number of alkyl halides is 3. The van der Waals surface area contributed by atoms with Gasteiger partial charge in [-0.05, 0) is 23.8 Å². The molecule has 1 aromatic carbocycles. The van der Waals surface area contributed by atoms with Gasteiger partial charge < -0.3 is 14.4 Å². The molecule has 1 atom stereocenters. The largest absolute Gasteiger partial charge is 0.573 e. The van der Waals surface area contributed by atoms with E-state index >= 15 is 0 Å². The molecule has 0 aromatic heterocycles. The van der Waals surface area contributed by atoms with Crippen LogP contribution >= 0.6 is 0 Å². The van der Waals surface area contributed by atoms with Crippen molar-refractivity contribution in [1.29, 1.82) is 0 Å². The van der Waals surface area contributed by atoms with E-state index in [2.05, 4.69) is 14.5 Å². The van der Waals surface area contributed by atoms with Crippen molar-refractivity contribution in [3.63, 3.8) is 0 Å². The van der Waals surface area contributed by atoms with Crippen LogP contribution in [0, 0.1) is 5.92 Å². The van der Waals surface area contributed by atoms with E-state index in [1.807, 2.05) is 30.4 Å². The predicted octanol–water partition coefficient (Wildman–Crippen LogP) is 3.53. The van der Waals surface area contributed by atoms with Crippen LogP contribution in [0.5, 0.6) is 5.75 Å². The second kappa shape index (κ2) is 8.43. The fourth-order valence-electron chi connectivity index (χ4n) is 3.26. The lowest BCUT2D eigenvalue weighted by molar-refractivity contribution is -0.274. The SMILES string of the molecule is O=CC1C=CC=CC=C1N1CCN(Cc2ccc(OC(F)(F)F)cc2)CC1. The Kier molecular flexibility index (Phi) is 6.01. The molecule has 7 heteroatoms. The van der Waals surface area contributed by atoms with Crippen LogP contribution in [0.4, 0.5) is 13.2 Å². The molecule has 0 saturated carbocycles. The first-order valence-corrected chi connectivity index (χ1v) is 8.77. The van der Waals surface area contributed by atoms with Crippen molar-refractivity contribution in [2.45, 2.75) is 12.9 Å². The molecule has 144 valence electrons. The van der Waals surface area contributed by atoms with Gasteiger partial charge in [0, 0.05) is 38.4 Å². The van der Waals surface area contributed by atoms with E-state index in [1.54, 1.807) is 12.1 Å². The van der Waals surface area contributed by atoms with Gasteiger partial charge >= 0.3 is 6.36 Å². The third kappa shape index (κ3) is 5.47. The Morgan fingerprint density at radius 3 is 2.37 bits per heavy atom. The number of carbonyl (C=O) groups excluding carboxylic acids is 1. The first kappa shape index (κ1) is 19.2. The average molecular weight is 378 g/mol. The molecule has 0 radical (unpaired) electrons. The summed E-state index contributed by atoms with van der Waals surface area (Å²) in [7, 11) is 0. The second-order valence-electron chi connectivity index (χ2n) is 6.48. The molecule has 1 aliphatic heterocycles. The third-order valence-electron chi connectivity index (χ3n) is 4.60. The molecule has 1 unspecified atom stereocenters. The normalized spacial score (nSPS) is 20.9. The highest BCUT2D eigenvalue weighted by Gasteiger charge is 2.31. The van der Waals surface area contributed by atoms with Crippen LogP contribution < -0.4 is 4.74 Å². The van der Waals surface area contributed by atoms with E-state index in [4.69, 9.17) is 0 Å². The lowest BCUT2D eigenvalue weighted by Gasteiger charge is -2.38. The summed E-state index contributed by atoms with van der Waals surface area (Å²) in [6, 6.07) is 5.98. The molecule has 0 amide bonds. The minimum absolute atomic E-state index is 0.211. The number of allylic oxidation sites excluding steroid dienone is 5. The number of piperazine rings is 1. The number of hydrogen-bond donors (Lipinski definition) is 0. The Morgan fingerprint density at radius 1 is 1.04 bits per heavy atom. The molecular weight excluding hydrogens is 357 g/mol. The van der Waals surface area contributed by atoms with Crippen LogP contribution in [-0.4, -0.2) is 48.6 Å². The molecule has 0 N–H and O–H groups in total. The molecule has 1 aliphatic carbocycles. The molecule has 4 nitrogen and oxygen atoms in total. The molecule has 1 saturated heterocycles. The number of aldehydes is 1. The van der Waals surface area contributed by atoms with Crippen LogP contribution in [0.15, 0.2) is 60.3 Å². The number of hydrogen-bond acceptors (Lipinski definition) is 4. The highest BCUT2D eigenvalue weighted by molar-refractivity contribution is 5.62. The molecule has 2 aliphatic rings. The Labute approximate surface area is 156 Å². The zero-order valence-electron chi connectivity index (χ0n) is 14.7. The summed E-state index contributed by atoms with van der Waals surface area (Å²) in [5, 5.41) is 0. The molecular formula is C20H21F3N2O2. The third-order valence-corrected chi connectivity index (χ3v) is 4.60. The average Bonchev–Trinajstić information content (AvgIpc) is 2.88. The van der Waals surface area contributed by atoms with Gasteiger partial charge in [0.1, 0.15) is 12.0 Å². The molecule has 27 heavy (non-hydrogen) atoms. The second-order valence-corrected chi connectivity index (χ2v) is 6.48. The van der Waals surface area contributed by atoms with Crippen molar-refractivity contribution in [2.24, 2.45) is 5.92 Å². The monoisotopic (exact) mass is 378 g/mol. The van der Waals surface area contributed by atoms with Gasteiger partial charge in [-0.3, -0.25) is 4.90 Å². The van der Waals surface area contributed by atoms with Crippen molar-refractivity contribution in [1.82, 2.24) is 9.80 Å². The fourth-order valence-corrected chi connectivity index (χ4v) is 3.26. The number of halogens is 3. The highest BCUT2D eigenvalue weighted by Crippen LogP contribution is 2.24. The Balaban J connectivity index is 1.54. The lowest BCUT2D eigenvalue weighted by Crippen LogP contribution is -2.46. The lowest BCUT2D eigenvalue weighted by atomic mass is 10.0. The van der Waals surface area contributed by atoms with E-state index < -0.39 is 6.36 Å². The van der Waals surface area contributed by atoms with Crippen LogP contribution in [-0.2, 0) is 11.3 Å². The molecule has 0 bridgehead atoms. The first-order chi connectivity index (χ1) is 12.9. The fraction of sp³-hybridized carbons (Fsp3) is 0.350. The molecule has 1 fully saturated rings. The maximum absolute atomic E-state index is 12.2. The van der Waals surface area contributed by atoms with Gasteiger partial charge in [-0.2, -0.15) is 0 Å². The van der Waals surface area contributed by atoms with Crippen LogP contribution in [0.1, 0.15) is 5.56 Å². The molecule has 0 spiro atoms. The van der Waals surface area contributed by atoms with Crippen molar-refractivity contribution >= 4 is 6.29 Å². The summed E-state index contributed by atoms with van der Waals surface area (Å²) in [6.07, 6.45) is 5.87. The summed E-state index contributed by atoms with van der Waals surface area (Å²) in [5.41, 5.74) is 1.94. The van der Waals surface area contributed by atoms with Crippen LogP contribution in [0.3, 0.4) is 0 Å². The number of rotatable bonds is 5. The van der Waals surface area contributed by atoms with Gasteiger partial charge in [-0.15, -0.1) is 13.2 Å². The summed E-state index contributed by atoms with van der Waals surface area (Å²) < 4.78 is 40.5. The van der Waals surface area contributed by atoms with Gasteiger partial charge in [-0.1, -0.05) is 36.4 Å². The molecule has 3 rings (SSSR count). The van der Waals surface area contributed by atoms with Crippen molar-refractivity contribution < 1.29 is 22.7 Å². The van der Waals surface area contributed by atoms with E-state index in [9.17, 15) is 18.0 Å². The predicted molar refractivity (Wildman–Crippen MR) is 95.9 cm³/mol. The quantitative estimate of drug-likeness (QED) is 0.734. The maximum Gasteiger partial charge on any atom is 0.573 e. The number of ether oxygens (including phenoxy) is 1. The van der Waals surface area contributed by atoms with E-state index in [1.165, 1.54) is 12.1 Å². The number of carbonyl (C=O) groups is 1. The van der Waals surface area contributed by atoms with Gasteiger partial charge in [0.05, 0.1) is 5.92 Å². The topological polar surface area (TPSA) is 32.8 Å². The summed E-state index contributed by atoms with van der Waals surface area (Å²) in [6.45, 7) is 3.89. The maximum atomic E-state index is 12.2. The summed E-state index contributed by atoms with van der Waals surface area (Å²) in [4.78, 5) is 15.8. The van der Waals surface area contributed by atoms with Gasteiger partial charge in [0.2, 0.25) is 0 Å². The van der Waals surface area contributed by atoms with Crippen molar-refractivity contribution in [3.8, 4) is 5.75 Å². The first-order valence-electron chi connectivity index (χ1n) is 8.77. The minimum atomic E-state index is -4.67. The Morgan fingerprint density at radius 2 is 1.74 bits per heavy atom. The zero-order chi connectivity index (χ0) is 19.3. The standard InChI is InChI=1S/C20H21F3N2O2/c21-20(22,23)27-18-8-6-16(7-9-18)14-24-10-12-25(13-11-24)19-5-3-1-2-4-17(19)15-26/h1-9,15,17H,10-14H2. The van der Waals surface area contributed by atoms with Gasteiger partial charge in [0.15, 0.2) is 0 Å². The summed E-state index contributed by atoms with van der Waals surface area (Å²) in [5.74, 6) is -0.440. The summed E-state index contributed by atoms with van der Waals surface area (Å²) >= 11 is 0. The Bertz CT molecular complexity index is 731. The van der Waals surface area contributed by atoms with Gasteiger partial charge in [-0.25, -0.2) is 0 Å². The van der Waals surface area contributed by atoms with Crippen molar-refractivity contribution in [2.75, 3.05) is 26.2 Å². The van der Waals surface area contributed by atoms with Crippen LogP contribution in [0.2, 0.25) is 0 Å². The highest BCUT2D eigenvalue weighted by atomic mass is 19.4. The minimum Gasteiger partial charge on any atom is -0.406 e. The van der Waals surface area contributed by atoms with Crippen LogP contribution in [0.25, 0.3) is 0 Å². The van der Waals surface area contributed by atoms with Gasteiger partial charge in [0.25, 0.3) is 0 Å². The number of benzene rings is 1. The smallest absolute Gasteiger partial charge is 0.406 e. The van der Waals surface area contributed by atoms with Crippen molar-refractivity contribution in [3.05, 3.63) is 65.9 Å².